The molecule has 22 heavy (non-hydrogen) atoms. The molecule has 1 heterocycles. The van der Waals surface area contributed by atoms with Crippen molar-refractivity contribution < 1.29 is 13.6 Å². The Morgan fingerprint density at radius 3 is 2.36 bits per heavy atom. The van der Waals surface area contributed by atoms with Crippen LogP contribution in [0.15, 0.2) is 42.5 Å². The minimum Gasteiger partial charge on any atom is -0.337 e. The van der Waals surface area contributed by atoms with Crippen molar-refractivity contribution in [2.45, 2.75) is 12.5 Å². The van der Waals surface area contributed by atoms with E-state index in [1.165, 1.54) is 24.3 Å². The summed E-state index contributed by atoms with van der Waals surface area (Å²) in [6.45, 7) is 1.01. The first-order valence-electron chi connectivity index (χ1n) is 7.15. The molecule has 1 aliphatic heterocycles. The minimum atomic E-state index is -0.577. The van der Waals surface area contributed by atoms with Crippen molar-refractivity contribution in [2.75, 3.05) is 13.1 Å². The van der Waals surface area contributed by atoms with Crippen LogP contribution in [0, 0.1) is 11.6 Å². The maximum Gasteiger partial charge on any atom is 0.256 e. The van der Waals surface area contributed by atoms with E-state index in [-0.39, 0.29) is 23.3 Å². The van der Waals surface area contributed by atoms with Crippen LogP contribution in [0.2, 0.25) is 0 Å². The highest BCUT2D eigenvalue weighted by atomic mass is 19.1. The Kier molecular flexibility index (Phi) is 3.90. The normalized spacial score (nSPS) is 17.8. The topological polar surface area (TPSA) is 46.3 Å². The van der Waals surface area contributed by atoms with Crippen molar-refractivity contribution in [3.63, 3.8) is 0 Å². The van der Waals surface area contributed by atoms with Gasteiger partial charge < -0.3 is 10.6 Å². The van der Waals surface area contributed by atoms with Crippen LogP contribution in [0.4, 0.5) is 8.78 Å². The fraction of sp³-hybridized carbons (Fsp3) is 0.235. The molecule has 1 amide bonds. The molecule has 3 rings (SSSR count). The molecule has 0 unspecified atom stereocenters. The van der Waals surface area contributed by atoms with Crippen LogP contribution >= 0.6 is 0 Å². The van der Waals surface area contributed by atoms with Gasteiger partial charge in [0.2, 0.25) is 0 Å². The maximum absolute atomic E-state index is 14.3. The molecular weight excluding hydrogens is 286 g/mol. The van der Waals surface area contributed by atoms with Gasteiger partial charge in [-0.25, -0.2) is 8.78 Å². The van der Waals surface area contributed by atoms with Gasteiger partial charge in [-0.05, 0) is 41.8 Å². The summed E-state index contributed by atoms with van der Waals surface area (Å²) in [4.78, 5) is 13.9. The third-order valence-corrected chi connectivity index (χ3v) is 3.89. The van der Waals surface area contributed by atoms with Gasteiger partial charge >= 0.3 is 0 Å². The van der Waals surface area contributed by atoms with Gasteiger partial charge in [0.25, 0.3) is 5.91 Å². The van der Waals surface area contributed by atoms with Crippen LogP contribution in [-0.4, -0.2) is 29.9 Å². The summed E-state index contributed by atoms with van der Waals surface area (Å²) in [6.07, 6.45) is 0.737. The predicted octanol–water partition coefficient (Wildman–Crippen LogP) is 2.81. The molecule has 1 saturated heterocycles. The van der Waals surface area contributed by atoms with Crippen LogP contribution < -0.4 is 5.73 Å². The molecule has 5 heteroatoms. The molecule has 114 valence electrons. The van der Waals surface area contributed by atoms with Gasteiger partial charge in [0.1, 0.15) is 11.6 Å². The average Bonchev–Trinajstić information content (AvgIpc) is 2.94. The van der Waals surface area contributed by atoms with Gasteiger partial charge in [-0.15, -0.1) is 0 Å². The van der Waals surface area contributed by atoms with Crippen molar-refractivity contribution >= 4 is 5.91 Å². The molecule has 1 fully saturated rings. The highest BCUT2D eigenvalue weighted by Crippen LogP contribution is 2.23. The Labute approximate surface area is 127 Å². The van der Waals surface area contributed by atoms with Gasteiger partial charge in [0, 0.05) is 19.1 Å². The number of likely N-dealkylation sites (tertiary alicyclic amines) is 1. The fourth-order valence-electron chi connectivity index (χ4n) is 2.65. The Morgan fingerprint density at radius 2 is 1.77 bits per heavy atom. The van der Waals surface area contributed by atoms with Crippen molar-refractivity contribution in [3.05, 3.63) is 59.7 Å². The largest absolute Gasteiger partial charge is 0.337 e. The molecule has 1 aliphatic rings. The zero-order chi connectivity index (χ0) is 15.7. The van der Waals surface area contributed by atoms with Gasteiger partial charge in [-0.3, -0.25) is 4.79 Å². The number of hydrogen-bond donors (Lipinski definition) is 1. The number of hydrogen-bond acceptors (Lipinski definition) is 2. The number of carbonyl (C=O) groups is 1. The fourth-order valence-corrected chi connectivity index (χ4v) is 2.65. The smallest absolute Gasteiger partial charge is 0.256 e. The average molecular weight is 302 g/mol. The van der Waals surface area contributed by atoms with E-state index in [0.717, 1.165) is 6.42 Å². The van der Waals surface area contributed by atoms with Crippen LogP contribution in [0.1, 0.15) is 16.8 Å². The third-order valence-electron chi connectivity index (χ3n) is 3.89. The van der Waals surface area contributed by atoms with Gasteiger partial charge in [-0.1, -0.05) is 18.2 Å². The molecule has 2 aromatic rings. The first-order valence-corrected chi connectivity index (χ1v) is 7.15. The lowest BCUT2D eigenvalue weighted by atomic mass is 10.0. The zero-order valence-electron chi connectivity index (χ0n) is 11.9. The van der Waals surface area contributed by atoms with E-state index in [4.69, 9.17) is 5.73 Å². The summed E-state index contributed by atoms with van der Waals surface area (Å²) >= 11 is 0. The van der Waals surface area contributed by atoms with Crippen LogP contribution in [-0.2, 0) is 0 Å². The summed E-state index contributed by atoms with van der Waals surface area (Å²) in [6, 6.07) is 10.2. The molecule has 0 saturated carbocycles. The second-order valence-corrected chi connectivity index (χ2v) is 5.50. The second kappa shape index (κ2) is 5.85. The number of carbonyl (C=O) groups excluding carboxylic acids is 1. The molecule has 2 aromatic carbocycles. The first-order chi connectivity index (χ1) is 10.5. The highest BCUT2D eigenvalue weighted by molar-refractivity contribution is 5.95. The van der Waals surface area contributed by atoms with Crippen molar-refractivity contribution in [2.24, 2.45) is 5.73 Å². The van der Waals surface area contributed by atoms with E-state index in [9.17, 15) is 13.6 Å². The van der Waals surface area contributed by atoms with Gasteiger partial charge in [0.05, 0.1) is 5.56 Å². The molecule has 2 N–H and O–H groups in total. The number of nitrogens with zero attached hydrogens (tertiary/aromatic N) is 1. The minimum absolute atomic E-state index is 0.0366. The Hall–Kier alpha value is -2.27. The zero-order valence-corrected chi connectivity index (χ0v) is 11.9. The molecule has 0 aliphatic carbocycles. The van der Waals surface area contributed by atoms with E-state index in [0.29, 0.717) is 24.2 Å². The molecule has 3 nitrogen and oxygen atoms in total. The van der Waals surface area contributed by atoms with Crippen LogP contribution in [0.25, 0.3) is 11.1 Å². The van der Waals surface area contributed by atoms with E-state index in [1.807, 2.05) is 0 Å². The van der Waals surface area contributed by atoms with Crippen molar-refractivity contribution in [1.29, 1.82) is 0 Å². The lowest BCUT2D eigenvalue weighted by molar-refractivity contribution is 0.0786. The number of nitrogens with two attached hydrogens (primary N) is 1. The maximum atomic E-state index is 14.3. The first kappa shape index (κ1) is 14.7. The summed E-state index contributed by atoms with van der Waals surface area (Å²) < 4.78 is 27.2. The Bertz CT molecular complexity index is 700. The van der Waals surface area contributed by atoms with E-state index < -0.39 is 5.82 Å². The highest BCUT2D eigenvalue weighted by Gasteiger charge is 2.26. The molecular formula is C17H16F2N2O. The number of rotatable bonds is 2. The number of benzene rings is 2. The summed E-state index contributed by atoms with van der Waals surface area (Å²) in [5, 5.41) is 0. The lowest BCUT2D eigenvalue weighted by Gasteiger charge is -2.16. The second-order valence-electron chi connectivity index (χ2n) is 5.50. The monoisotopic (exact) mass is 302 g/mol. The third kappa shape index (κ3) is 2.85. The molecule has 0 aromatic heterocycles. The molecule has 0 spiro atoms. The molecule has 0 radical (unpaired) electrons. The van der Waals surface area contributed by atoms with Gasteiger partial charge in [-0.2, -0.15) is 0 Å². The number of halogens is 2. The van der Waals surface area contributed by atoms with Crippen molar-refractivity contribution in [3.8, 4) is 11.1 Å². The number of amides is 1. The Morgan fingerprint density at radius 1 is 1.09 bits per heavy atom. The van der Waals surface area contributed by atoms with Gasteiger partial charge in [0.15, 0.2) is 0 Å². The van der Waals surface area contributed by atoms with E-state index in [1.54, 1.807) is 23.1 Å². The Balaban J connectivity index is 1.86. The van der Waals surface area contributed by atoms with Crippen LogP contribution in [0.3, 0.4) is 0 Å². The van der Waals surface area contributed by atoms with E-state index in [2.05, 4.69) is 0 Å². The summed E-state index contributed by atoms with van der Waals surface area (Å²) in [7, 11) is 0. The summed E-state index contributed by atoms with van der Waals surface area (Å²) in [5.74, 6) is -1.26. The SMILES string of the molecule is N[C@H]1CCN(C(=O)c2ccc(-c3ccc(F)cc3)cc2F)C1. The quantitative estimate of drug-likeness (QED) is 0.927. The molecule has 0 bridgehead atoms. The lowest BCUT2D eigenvalue weighted by Crippen LogP contribution is -2.32. The predicted molar refractivity (Wildman–Crippen MR) is 80.3 cm³/mol. The summed E-state index contributed by atoms with van der Waals surface area (Å²) in [5.41, 5.74) is 7.12. The standard InChI is InChI=1S/C17H16F2N2O/c18-13-4-1-11(2-5-13)12-3-6-15(16(19)9-12)17(22)21-8-7-14(20)10-21/h1-6,9,14H,7-8,10,20H2/t14-/m0/s1. The molecule has 1 atom stereocenters. The van der Waals surface area contributed by atoms with Crippen LogP contribution in [0.5, 0.6) is 0 Å². The van der Waals surface area contributed by atoms with E-state index >= 15 is 0 Å². The van der Waals surface area contributed by atoms with Crippen molar-refractivity contribution in [1.82, 2.24) is 4.90 Å².